The van der Waals surface area contributed by atoms with Crippen molar-refractivity contribution in [3.8, 4) is 5.75 Å². The largest absolute Gasteiger partial charge is 0.491 e. The summed E-state index contributed by atoms with van der Waals surface area (Å²) >= 11 is 0. The Bertz CT molecular complexity index is 731. The second-order valence-electron chi connectivity index (χ2n) is 7.89. The molecule has 1 aromatic carbocycles. The van der Waals surface area contributed by atoms with Gasteiger partial charge in [0.2, 0.25) is 5.91 Å². The molecule has 0 spiro atoms. The summed E-state index contributed by atoms with van der Waals surface area (Å²) in [6.45, 7) is 8.31. The Morgan fingerprint density at radius 1 is 1.43 bits per heavy atom. The number of hydrogen-bond acceptors (Lipinski definition) is 7. The van der Waals surface area contributed by atoms with Crippen LogP contribution in [0.4, 0.5) is 0 Å². The molecule has 2 rings (SSSR count). The molecule has 166 valence electrons. The van der Waals surface area contributed by atoms with Crippen LogP contribution in [0.15, 0.2) is 36.9 Å². The average Bonchev–Trinajstić information content (AvgIpc) is 2.71. The number of carbonyl (C=O) groups excluding carboxylic acids is 1. The van der Waals surface area contributed by atoms with Crippen LogP contribution in [0, 0.1) is 10.1 Å². The van der Waals surface area contributed by atoms with Gasteiger partial charge in [0.05, 0.1) is 5.54 Å². The third kappa shape index (κ3) is 7.00. The molecule has 1 atom stereocenters. The maximum Gasteiger partial charge on any atom is 0.294 e. The summed E-state index contributed by atoms with van der Waals surface area (Å²) in [7, 11) is 0. The summed E-state index contributed by atoms with van der Waals surface area (Å²) in [5.74, 6) is 0.582. The number of likely N-dealkylation sites (tertiary alicyclic amines) is 1. The van der Waals surface area contributed by atoms with Crippen molar-refractivity contribution in [2.24, 2.45) is 0 Å². The summed E-state index contributed by atoms with van der Waals surface area (Å²) in [6, 6.07) is 7.58. The Morgan fingerprint density at radius 2 is 2.10 bits per heavy atom. The Hall–Kier alpha value is -2.65. The smallest absolute Gasteiger partial charge is 0.294 e. The minimum Gasteiger partial charge on any atom is -0.491 e. The molecule has 1 heterocycles. The van der Waals surface area contributed by atoms with Gasteiger partial charge >= 0.3 is 0 Å². The topological polar surface area (TPSA) is 114 Å². The zero-order valence-corrected chi connectivity index (χ0v) is 17.6. The fraction of sp³-hybridized carbons (Fsp3) is 0.571. The minimum atomic E-state index is -0.890. The number of allylic oxidation sites excluding steroid dienone is 1. The van der Waals surface area contributed by atoms with E-state index in [9.17, 15) is 20.0 Å². The van der Waals surface area contributed by atoms with E-state index in [1.165, 1.54) is 0 Å². The zero-order chi connectivity index (χ0) is 22.1. The van der Waals surface area contributed by atoms with Crippen LogP contribution in [0.1, 0.15) is 32.3 Å². The van der Waals surface area contributed by atoms with Crippen molar-refractivity contribution in [2.45, 2.75) is 50.9 Å². The van der Waals surface area contributed by atoms with Crippen LogP contribution >= 0.6 is 0 Å². The summed E-state index contributed by atoms with van der Waals surface area (Å²) in [4.78, 5) is 29.5. The molecular weight excluding hydrogens is 390 g/mol. The highest BCUT2D eigenvalue weighted by Crippen LogP contribution is 2.20. The molecule has 1 aromatic rings. The van der Waals surface area contributed by atoms with E-state index in [1.807, 2.05) is 24.3 Å². The van der Waals surface area contributed by atoms with Gasteiger partial charge in [-0.3, -0.25) is 4.79 Å². The van der Waals surface area contributed by atoms with E-state index < -0.39 is 22.8 Å². The number of piperidine rings is 1. The average molecular weight is 421 g/mol. The lowest BCUT2D eigenvalue weighted by Gasteiger charge is -2.37. The molecule has 1 saturated heterocycles. The van der Waals surface area contributed by atoms with E-state index >= 15 is 0 Å². The molecule has 9 nitrogen and oxygen atoms in total. The first-order valence-electron chi connectivity index (χ1n) is 10.1. The van der Waals surface area contributed by atoms with E-state index in [4.69, 9.17) is 4.74 Å². The molecule has 1 fully saturated rings. The number of aliphatic hydroxyl groups excluding tert-OH is 1. The number of nitrogens with one attached hydrogen (secondary N) is 1. The Labute approximate surface area is 176 Å². The lowest BCUT2D eigenvalue weighted by atomic mass is 10.00. The van der Waals surface area contributed by atoms with Gasteiger partial charge in [0.1, 0.15) is 24.6 Å². The Balaban J connectivity index is 1.79. The fourth-order valence-corrected chi connectivity index (χ4v) is 3.34. The number of aliphatic hydroxyl groups is 1. The van der Waals surface area contributed by atoms with Crippen molar-refractivity contribution in [2.75, 3.05) is 26.2 Å². The van der Waals surface area contributed by atoms with Crippen LogP contribution in [0.3, 0.4) is 0 Å². The van der Waals surface area contributed by atoms with Crippen LogP contribution in [0.25, 0.3) is 0 Å². The number of amides is 1. The highest BCUT2D eigenvalue weighted by Gasteiger charge is 2.34. The van der Waals surface area contributed by atoms with Crippen molar-refractivity contribution in [1.82, 2.24) is 10.2 Å². The van der Waals surface area contributed by atoms with Crippen LogP contribution in [0.2, 0.25) is 0 Å². The molecule has 0 radical (unpaired) electrons. The summed E-state index contributed by atoms with van der Waals surface area (Å²) in [5, 5.41) is 23.0. The Kier molecular flexibility index (Phi) is 8.61. The van der Waals surface area contributed by atoms with E-state index in [2.05, 4.69) is 16.7 Å². The van der Waals surface area contributed by atoms with Gasteiger partial charge in [-0.2, -0.15) is 0 Å². The van der Waals surface area contributed by atoms with Crippen LogP contribution in [-0.4, -0.2) is 65.0 Å². The van der Waals surface area contributed by atoms with Gasteiger partial charge in [0.15, 0.2) is 0 Å². The fourth-order valence-electron chi connectivity index (χ4n) is 3.34. The molecule has 1 aliphatic rings. The zero-order valence-electron chi connectivity index (χ0n) is 17.6. The first-order chi connectivity index (χ1) is 14.2. The SMILES string of the molecule is C=CCc1ccccc1OCC(O)CNC(C)(C)C(=O)N1CCC(O[N+](=O)[O-])CC1. The van der Waals surface area contributed by atoms with E-state index in [0.717, 1.165) is 5.56 Å². The molecule has 2 N–H and O–H groups in total. The predicted molar refractivity (Wildman–Crippen MR) is 112 cm³/mol. The van der Waals surface area contributed by atoms with E-state index in [0.29, 0.717) is 38.1 Å². The first-order valence-corrected chi connectivity index (χ1v) is 10.1. The maximum atomic E-state index is 12.8. The molecule has 0 aromatic heterocycles. The number of carbonyl (C=O) groups is 1. The number of para-hydroxylation sites is 1. The van der Waals surface area contributed by atoms with Crippen molar-refractivity contribution >= 4 is 5.91 Å². The molecule has 1 amide bonds. The van der Waals surface area contributed by atoms with Crippen LogP contribution < -0.4 is 10.1 Å². The van der Waals surface area contributed by atoms with Gasteiger partial charge in [-0.15, -0.1) is 16.7 Å². The summed E-state index contributed by atoms with van der Waals surface area (Å²) in [5.41, 5.74) is 0.103. The molecule has 9 heteroatoms. The van der Waals surface area contributed by atoms with Gasteiger partial charge in [-0.1, -0.05) is 24.3 Å². The molecule has 1 aliphatic heterocycles. The Morgan fingerprint density at radius 3 is 2.73 bits per heavy atom. The van der Waals surface area contributed by atoms with Gasteiger partial charge in [-0.05, 0) is 44.7 Å². The highest BCUT2D eigenvalue weighted by atomic mass is 17.0. The van der Waals surface area contributed by atoms with Crippen LogP contribution in [-0.2, 0) is 16.1 Å². The molecule has 1 unspecified atom stereocenters. The monoisotopic (exact) mass is 421 g/mol. The van der Waals surface area contributed by atoms with Gasteiger partial charge in [0.25, 0.3) is 5.09 Å². The summed E-state index contributed by atoms with van der Waals surface area (Å²) < 4.78 is 5.73. The maximum absolute atomic E-state index is 12.8. The van der Waals surface area contributed by atoms with E-state index in [1.54, 1.807) is 24.8 Å². The number of benzene rings is 1. The van der Waals surface area contributed by atoms with Gasteiger partial charge < -0.3 is 24.9 Å². The van der Waals surface area contributed by atoms with Gasteiger partial charge in [-0.25, -0.2) is 0 Å². The number of hydrogen-bond donors (Lipinski definition) is 2. The van der Waals surface area contributed by atoms with Crippen molar-refractivity contribution in [1.29, 1.82) is 0 Å². The molecule has 30 heavy (non-hydrogen) atoms. The second-order valence-corrected chi connectivity index (χ2v) is 7.89. The number of nitrogens with zero attached hydrogens (tertiary/aromatic N) is 2. The van der Waals surface area contributed by atoms with Crippen molar-refractivity contribution in [3.63, 3.8) is 0 Å². The summed E-state index contributed by atoms with van der Waals surface area (Å²) in [6.07, 6.45) is 2.04. The number of ether oxygens (including phenoxy) is 1. The predicted octanol–water partition coefficient (Wildman–Crippen LogP) is 1.72. The molecule has 0 saturated carbocycles. The van der Waals surface area contributed by atoms with Crippen LogP contribution in [0.5, 0.6) is 5.75 Å². The minimum absolute atomic E-state index is 0.0923. The van der Waals surface area contributed by atoms with E-state index in [-0.39, 0.29) is 19.1 Å². The lowest BCUT2D eigenvalue weighted by molar-refractivity contribution is -0.769. The molecular formula is C21H31N3O6. The standard InChI is InChI=1S/C21H31N3O6/c1-4-7-16-8-5-6-9-19(16)29-15-17(25)14-22-21(2,3)20(26)23-12-10-18(11-13-23)30-24(27)28/h4-6,8-9,17-18,22,25H,1,7,10-15H2,2-3H3. The normalized spacial score (nSPS) is 16.0. The molecule has 0 bridgehead atoms. The third-order valence-corrected chi connectivity index (χ3v) is 5.05. The lowest BCUT2D eigenvalue weighted by Crippen LogP contribution is -2.57. The quantitative estimate of drug-likeness (QED) is 0.318. The highest BCUT2D eigenvalue weighted by molar-refractivity contribution is 5.85. The van der Waals surface area contributed by atoms with Crippen molar-refractivity contribution in [3.05, 3.63) is 52.6 Å². The first kappa shape index (κ1) is 23.6. The third-order valence-electron chi connectivity index (χ3n) is 5.05. The number of rotatable bonds is 11. The molecule has 0 aliphatic carbocycles. The van der Waals surface area contributed by atoms with Crippen molar-refractivity contribution < 1.29 is 24.6 Å². The van der Waals surface area contributed by atoms with Gasteiger partial charge in [0, 0.05) is 19.6 Å². The number of β-amino-alcohol motifs (C(OH)–C–C–N with tert-alkyl or cyclic N) is 1. The second kappa shape index (κ2) is 10.9.